The van der Waals surface area contributed by atoms with Gasteiger partial charge in [-0.05, 0) is 43.7 Å². The number of esters is 1. The first-order chi connectivity index (χ1) is 17.2. The number of imide groups is 1. The number of benzene rings is 2. The molecule has 0 unspecified atom stereocenters. The van der Waals surface area contributed by atoms with E-state index in [0.717, 1.165) is 4.90 Å². The van der Waals surface area contributed by atoms with Crippen molar-refractivity contribution in [3.8, 4) is 11.5 Å². The number of hydrogen-bond donors (Lipinski definition) is 1. The molecule has 0 spiro atoms. The van der Waals surface area contributed by atoms with Gasteiger partial charge in [-0.1, -0.05) is 25.5 Å². The molecule has 2 aromatic carbocycles. The van der Waals surface area contributed by atoms with Crippen molar-refractivity contribution < 1.29 is 33.4 Å². The quantitative estimate of drug-likeness (QED) is 0.339. The van der Waals surface area contributed by atoms with E-state index in [-0.39, 0.29) is 12.2 Å². The number of hydrogen-bond acceptors (Lipinski definition) is 8. The Labute approximate surface area is 209 Å². The lowest BCUT2D eigenvalue weighted by atomic mass is 9.77. The van der Waals surface area contributed by atoms with E-state index in [1.807, 2.05) is 6.92 Å². The molecule has 190 valence electrons. The maximum atomic E-state index is 14.0. The molecule has 2 aromatic rings. The molecule has 2 saturated heterocycles. The van der Waals surface area contributed by atoms with Crippen molar-refractivity contribution in [2.75, 3.05) is 26.2 Å². The zero-order valence-corrected chi connectivity index (χ0v) is 21.0. The fraction of sp³-hybridized carbons (Fsp3) is 0.407. The Kier molecular flexibility index (Phi) is 6.86. The number of Topliss-reactive ketones (excluding diaryl/α,β-unsaturated/α-hetero) is 1. The predicted molar refractivity (Wildman–Crippen MR) is 131 cm³/mol. The Balaban J connectivity index is 1.91. The van der Waals surface area contributed by atoms with Gasteiger partial charge >= 0.3 is 5.97 Å². The van der Waals surface area contributed by atoms with Crippen LogP contribution in [0, 0.1) is 11.8 Å². The van der Waals surface area contributed by atoms with Crippen LogP contribution in [0.15, 0.2) is 42.5 Å². The maximum Gasteiger partial charge on any atom is 0.326 e. The summed E-state index contributed by atoms with van der Waals surface area (Å²) in [5, 5.41) is 3.33. The topological polar surface area (TPSA) is 111 Å². The van der Waals surface area contributed by atoms with Crippen LogP contribution in [0.3, 0.4) is 0 Å². The highest BCUT2D eigenvalue weighted by Gasteiger charge is 2.68. The molecule has 0 aliphatic carbocycles. The Morgan fingerprint density at radius 1 is 1.03 bits per heavy atom. The molecule has 2 amide bonds. The van der Waals surface area contributed by atoms with Crippen molar-refractivity contribution in [2.45, 2.75) is 38.3 Å². The fourth-order valence-electron chi connectivity index (χ4n) is 5.57. The van der Waals surface area contributed by atoms with E-state index in [2.05, 4.69) is 5.32 Å². The molecule has 0 radical (unpaired) electrons. The van der Waals surface area contributed by atoms with Gasteiger partial charge < -0.3 is 14.2 Å². The van der Waals surface area contributed by atoms with Gasteiger partial charge in [0.1, 0.15) is 17.0 Å². The monoisotopic (exact) mass is 494 g/mol. The summed E-state index contributed by atoms with van der Waals surface area (Å²) in [6, 6.07) is 10.8. The highest BCUT2D eigenvalue weighted by Crippen LogP contribution is 2.53. The van der Waals surface area contributed by atoms with E-state index >= 15 is 0 Å². The van der Waals surface area contributed by atoms with Gasteiger partial charge in [-0.2, -0.15) is 0 Å². The summed E-state index contributed by atoms with van der Waals surface area (Å²) in [6.07, 6.45) is 0.846. The molecule has 4 atom stereocenters. The fourth-order valence-corrected chi connectivity index (χ4v) is 5.57. The molecular weight excluding hydrogens is 464 g/mol. The van der Waals surface area contributed by atoms with Crippen LogP contribution in [0.5, 0.6) is 11.5 Å². The third-order valence-electron chi connectivity index (χ3n) is 7.13. The SMILES string of the molecule is CCC[C@]1(C(=O)OC)N[C@@H](c2cc(OC)ccc2OC)[C@H]2C(=O)N(c3cccc(C(C)=O)c3)C(=O)[C@@H]21. The van der Waals surface area contributed by atoms with E-state index in [4.69, 9.17) is 14.2 Å². The van der Waals surface area contributed by atoms with E-state index in [9.17, 15) is 19.2 Å². The number of amides is 2. The Hall–Kier alpha value is -3.72. The first-order valence-corrected chi connectivity index (χ1v) is 11.8. The number of carbonyl (C=O) groups excluding carboxylic acids is 4. The molecule has 4 rings (SSSR count). The number of anilines is 1. The number of rotatable bonds is 8. The molecule has 2 fully saturated rings. The summed E-state index contributed by atoms with van der Waals surface area (Å²) < 4.78 is 16.2. The standard InChI is InChI=1S/C27H30N2O7/c1-6-12-27(26(33)36-5)22-21(23(28-27)19-14-18(34-3)10-11-20(19)35-4)24(31)29(25(22)32)17-9-7-8-16(13-17)15(2)30/h7-11,13-14,21-23,28H,6,12H2,1-5H3/t21-,22+,23-,27-/m0/s1. The first kappa shape index (κ1) is 25.4. The van der Waals surface area contributed by atoms with Crippen LogP contribution in [-0.2, 0) is 19.1 Å². The molecule has 0 aromatic heterocycles. The second kappa shape index (κ2) is 9.73. The lowest BCUT2D eigenvalue weighted by Gasteiger charge is -2.32. The third kappa shape index (κ3) is 3.83. The summed E-state index contributed by atoms with van der Waals surface area (Å²) >= 11 is 0. The zero-order chi connectivity index (χ0) is 26.2. The number of fused-ring (bicyclic) bond motifs is 1. The van der Waals surface area contributed by atoms with Crippen LogP contribution >= 0.6 is 0 Å². The van der Waals surface area contributed by atoms with Gasteiger partial charge in [0, 0.05) is 17.2 Å². The zero-order valence-electron chi connectivity index (χ0n) is 21.0. The molecule has 9 heteroatoms. The van der Waals surface area contributed by atoms with E-state index < -0.39 is 41.2 Å². The Bertz CT molecular complexity index is 1230. The Morgan fingerprint density at radius 3 is 2.39 bits per heavy atom. The van der Waals surface area contributed by atoms with Crippen molar-refractivity contribution in [1.29, 1.82) is 0 Å². The van der Waals surface area contributed by atoms with E-state index in [1.165, 1.54) is 34.3 Å². The number of nitrogens with one attached hydrogen (secondary N) is 1. The lowest BCUT2D eigenvalue weighted by Crippen LogP contribution is -2.56. The number of nitrogens with zero attached hydrogens (tertiary/aromatic N) is 1. The van der Waals surface area contributed by atoms with E-state index in [1.54, 1.807) is 36.4 Å². The molecule has 2 heterocycles. The smallest absolute Gasteiger partial charge is 0.326 e. The van der Waals surface area contributed by atoms with Crippen molar-refractivity contribution >= 4 is 29.3 Å². The lowest BCUT2D eigenvalue weighted by molar-refractivity contribution is -0.152. The van der Waals surface area contributed by atoms with Crippen molar-refractivity contribution in [3.05, 3.63) is 53.6 Å². The molecule has 9 nitrogen and oxygen atoms in total. The van der Waals surface area contributed by atoms with Crippen LogP contribution in [0.4, 0.5) is 5.69 Å². The number of methoxy groups -OCH3 is 3. The van der Waals surface area contributed by atoms with Crippen LogP contribution in [0.1, 0.15) is 48.7 Å². The molecule has 36 heavy (non-hydrogen) atoms. The summed E-state index contributed by atoms with van der Waals surface area (Å²) in [6.45, 7) is 3.32. The molecule has 2 aliphatic rings. The van der Waals surface area contributed by atoms with Gasteiger partial charge in [0.05, 0.1) is 38.9 Å². The summed E-state index contributed by atoms with van der Waals surface area (Å²) in [5.41, 5.74) is -0.165. The Morgan fingerprint density at radius 2 is 1.78 bits per heavy atom. The second-order valence-electron chi connectivity index (χ2n) is 9.06. The minimum absolute atomic E-state index is 0.188. The molecule has 0 bridgehead atoms. The molecule has 0 saturated carbocycles. The highest BCUT2D eigenvalue weighted by molar-refractivity contribution is 6.24. The molecule has 2 aliphatic heterocycles. The van der Waals surface area contributed by atoms with E-state index in [0.29, 0.717) is 34.7 Å². The van der Waals surface area contributed by atoms with Crippen LogP contribution in [0.25, 0.3) is 0 Å². The summed E-state index contributed by atoms with van der Waals surface area (Å²) in [5.74, 6) is -2.67. The van der Waals surface area contributed by atoms with Gasteiger partial charge in [-0.15, -0.1) is 0 Å². The van der Waals surface area contributed by atoms with Crippen molar-refractivity contribution in [3.63, 3.8) is 0 Å². The maximum absolute atomic E-state index is 14.0. The summed E-state index contributed by atoms with van der Waals surface area (Å²) in [7, 11) is 4.31. The van der Waals surface area contributed by atoms with Crippen LogP contribution in [-0.4, -0.2) is 50.4 Å². The van der Waals surface area contributed by atoms with Gasteiger partial charge in [-0.25, -0.2) is 4.90 Å². The van der Waals surface area contributed by atoms with Crippen LogP contribution < -0.4 is 19.7 Å². The number of ether oxygens (including phenoxy) is 3. The van der Waals surface area contributed by atoms with Gasteiger partial charge in [-0.3, -0.25) is 24.5 Å². The van der Waals surface area contributed by atoms with Gasteiger partial charge in [0.2, 0.25) is 11.8 Å². The minimum atomic E-state index is -1.42. The van der Waals surface area contributed by atoms with Crippen LogP contribution in [0.2, 0.25) is 0 Å². The number of ketones is 1. The van der Waals surface area contributed by atoms with Crippen molar-refractivity contribution in [1.82, 2.24) is 5.32 Å². The highest BCUT2D eigenvalue weighted by atomic mass is 16.5. The molecule has 1 N–H and O–H groups in total. The molecular formula is C27H30N2O7. The normalized spacial score (nSPS) is 25.0. The van der Waals surface area contributed by atoms with Gasteiger partial charge in [0.15, 0.2) is 5.78 Å². The largest absolute Gasteiger partial charge is 0.497 e. The van der Waals surface area contributed by atoms with Crippen molar-refractivity contribution in [2.24, 2.45) is 11.8 Å². The average molecular weight is 495 g/mol. The van der Waals surface area contributed by atoms with Gasteiger partial charge in [0.25, 0.3) is 0 Å². The summed E-state index contributed by atoms with van der Waals surface area (Å²) in [4.78, 5) is 54.3. The second-order valence-corrected chi connectivity index (χ2v) is 9.06. The minimum Gasteiger partial charge on any atom is -0.497 e. The number of carbonyl (C=O) groups is 4. The average Bonchev–Trinajstić information content (AvgIpc) is 3.37. The third-order valence-corrected chi connectivity index (χ3v) is 7.13. The first-order valence-electron chi connectivity index (χ1n) is 11.8. The predicted octanol–water partition coefficient (Wildman–Crippen LogP) is 3.07.